The van der Waals surface area contributed by atoms with Gasteiger partial charge in [-0.05, 0) is 36.4 Å². The van der Waals surface area contributed by atoms with Gasteiger partial charge in [0.05, 0.1) is 6.16 Å². The van der Waals surface area contributed by atoms with Crippen LogP contribution in [0.3, 0.4) is 0 Å². The Morgan fingerprint density at radius 1 is 0.577 bits per heavy atom. The van der Waals surface area contributed by atoms with Gasteiger partial charge in [0.2, 0.25) is 0 Å². The quantitative estimate of drug-likeness (QED) is 0.420. The van der Waals surface area contributed by atoms with E-state index < -0.39 is 11.1 Å². The summed E-state index contributed by atoms with van der Waals surface area (Å²) in [6.07, 6.45) is 1.31. The highest BCUT2D eigenvalue weighted by atomic mass is 35.6. The number of hydrogen-bond acceptors (Lipinski definition) is 0. The van der Waals surface area contributed by atoms with Gasteiger partial charge in [0.15, 0.2) is 3.79 Å². The molecule has 5 heteroatoms. The van der Waals surface area contributed by atoms with Crippen molar-refractivity contribution >= 4 is 58.0 Å². The molecule has 0 saturated carbocycles. The highest BCUT2D eigenvalue weighted by Crippen LogP contribution is 2.57. The third-order valence-electron chi connectivity index (χ3n) is 4.32. The summed E-state index contributed by atoms with van der Waals surface area (Å²) >= 11 is 18.5. The molecule has 0 amide bonds. The van der Waals surface area contributed by atoms with E-state index in [9.17, 15) is 0 Å². The second-order valence-electron chi connectivity index (χ2n) is 5.91. The molecule has 0 unspecified atom stereocenters. The first-order chi connectivity index (χ1) is 12.0. The van der Waals surface area contributed by atoms with Crippen LogP contribution in [0.1, 0.15) is 6.42 Å². The monoisotopic (exact) mass is 442 g/mol. The van der Waals surface area contributed by atoms with Crippen molar-refractivity contribution < 1.29 is 12.4 Å². The van der Waals surface area contributed by atoms with E-state index in [1.165, 1.54) is 15.9 Å². The lowest BCUT2D eigenvalue weighted by atomic mass is 10.4. The van der Waals surface area contributed by atoms with E-state index in [2.05, 4.69) is 72.8 Å². The van der Waals surface area contributed by atoms with Gasteiger partial charge in [0, 0.05) is 6.42 Å². The zero-order chi connectivity index (χ0) is 17.8. The van der Waals surface area contributed by atoms with Crippen molar-refractivity contribution in [2.75, 3.05) is 6.16 Å². The molecule has 0 aliphatic rings. The average molecular weight is 444 g/mol. The van der Waals surface area contributed by atoms with Gasteiger partial charge in [0.25, 0.3) is 0 Å². The van der Waals surface area contributed by atoms with Crippen LogP contribution in [0.15, 0.2) is 91.0 Å². The maximum absolute atomic E-state index is 6.15. The lowest BCUT2D eigenvalue weighted by Gasteiger charge is -2.28. The molecule has 0 spiro atoms. The lowest BCUT2D eigenvalue weighted by Crippen LogP contribution is -3.00. The molecule has 0 fully saturated rings. The second-order valence-corrected chi connectivity index (χ2v) is 12.0. The summed E-state index contributed by atoms with van der Waals surface area (Å²) in [5.41, 5.74) is 0. The fourth-order valence-corrected chi connectivity index (χ4v) is 8.24. The molecular formula is C21H19Cl4P. The molecule has 0 aromatic heterocycles. The van der Waals surface area contributed by atoms with Crippen LogP contribution in [0.4, 0.5) is 0 Å². The van der Waals surface area contributed by atoms with Crippen LogP contribution in [0.5, 0.6) is 0 Å². The summed E-state index contributed by atoms with van der Waals surface area (Å²) in [5.74, 6) is 0. The van der Waals surface area contributed by atoms with Gasteiger partial charge in [-0.3, -0.25) is 0 Å². The minimum Gasteiger partial charge on any atom is -1.00 e. The van der Waals surface area contributed by atoms with Gasteiger partial charge in [-0.2, -0.15) is 0 Å². The molecule has 26 heavy (non-hydrogen) atoms. The van der Waals surface area contributed by atoms with Crippen LogP contribution in [0.2, 0.25) is 0 Å². The topological polar surface area (TPSA) is 0 Å². The van der Waals surface area contributed by atoms with Crippen molar-refractivity contribution in [1.82, 2.24) is 0 Å². The molecule has 0 aliphatic heterocycles. The van der Waals surface area contributed by atoms with Crippen LogP contribution in [-0.4, -0.2) is 9.95 Å². The van der Waals surface area contributed by atoms with E-state index in [1.807, 2.05) is 18.2 Å². The summed E-state index contributed by atoms with van der Waals surface area (Å²) in [7, 11) is -1.90. The Morgan fingerprint density at radius 2 is 0.885 bits per heavy atom. The van der Waals surface area contributed by atoms with E-state index in [0.717, 1.165) is 6.16 Å². The highest BCUT2D eigenvalue weighted by molar-refractivity contribution is 7.95. The normalized spacial score (nSPS) is 11.7. The number of rotatable bonds is 5. The molecule has 3 rings (SSSR count). The van der Waals surface area contributed by atoms with Gasteiger partial charge in [0.1, 0.15) is 23.2 Å². The maximum Gasteiger partial charge on any atom is 0.194 e. The first kappa shape index (κ1) is 21.5. The molecule has 3 aromatic rings. The predicted molar refractivity (Wildman–Crippen MR) is 115 cm³/mol. The molecule has 0 aliphatic carbocycles. The summed E-state index contributed by atoms with van der Waals surface area (Å²) in [6.45, 7) is 0. The summed E-state index contributed by atoms with van der Waals surface area (Å²) in [6, 6.07) is 31.9. The molecule has 0 nitrogen and oxygen atoms in total. The van der Waals surface area contributed by atoms with Gasteiger partial charge < -0.3 is 12.4 Å². The minimum absolute atomic E-state index is 0. The summed E-state index contributed by atoms with van der Waals surface area (Å²) < 4.78 is -1.26. The molecule has 3 aromatic carbocycles. The third kappa shape index (κ3) is 4.94. The first-order valence-electron chi connectivity index (χ1n) is 8.14. The van der Waals surface area contributed by atoms with Crippen LogP contribution in [0, 0.1) is 0 Å². The summed E-state index contributed by atoms with van der Waals surface area (Å²) in [4.78, 5) is 0. The van der Waals surface area contributed by atoms with Gasteiger partial charge >= 0.3 is 0 Å². The van der Waals surface area contributed by atoms with E-state index in [0.29, 0.717) is 6.42 Å². The van der Waals surface area contributed by atoms with Crippen molar-refractivity contribution in [2.24, 2.45) is 0 Å². The van der Waals surface area contributed by atoms with Crippen LogP contribution >= 0.6 is 42.1 Å². The average Bonchev–Trinajstić information content (AvgIpc) is 2.64. The van der Waals surface area contributed by atoms with Crippen LogP contribution in [0.25, 0.3) is 0 Å². The number of hydrogen-bond donors (Lipinski definition) is 0. The zero-order valence-corrected chi connectivity index (χ0v) is 18.0. The van der Waals surface area contributed by atoms with Crippen molar-refractivity contribution in [2.45, 2.75) is 10.2 Å². The van der Waals surface area contributed by atoms with Crippen molar-refractivity contribution in [3.8, 4) is 0 Å². The molecule has 0 atom stereocenters. The minimum atomic E-state index is -1.90. The van der Waals surface area contributed by atoms with Gasteiger partial charge in [-0.1, -0.05) is 89.4 Å². The molecule has 0 N–H and O–H groups in total. The Kier molecular flexibility index (Phi) is 7.83. The van der Waals surface area contributed by atoms with Crippen molar-refractivity contribution in [3.05, 3.63) is 91.0 Å². The molecular weight excluding hydrogens is 425 g/mol. The van der Waals surface area contributed by atoms with Crippen molar-refractivity contribution in [1.29, 1.82) is 0 Å². The van der Waals surface area contributed by atoms with Crippen molar-refractivity contribution in [3.63, 3.8) is 0 Å². The molecule has 0 bridgehead atoms. The number of benzene rings is 3. The van der Waals surface area contributed by atoms with E-state index in [1.54, 1.807) is 0 Å². The molecule has 0 radical (unpaired) electrons. The first-order valence-corrected chi connectivity index (χ1v) is 11.2. The van der Waals surface area contributed by atoms with E-state index >= 15 is 0 Å². The smallest absolute Gasteiger partial charge is 0.194 e. The molecule has 0 heterocycles. The number of halogens is 4. The Morgan fingerprint density at radius 3 is 1.15 bits per heavy atom. The maximum atomic E-state index is 6.15. The molecule has 0 saturated heterocycles. The highest BCUT2D eigenvalue weighted by Gasteiger charge is 2.46. The fourth-order valence-electron chi connectivity index (χ4n) is 3.18. The number of alkyl halides is 3. The van der Waals surface area contributed by atoms with E-state index in [-0.39, 0.29) is 12.4 Å². The van der Waals surface area contributed by atoms with Crippen LogP contribution < -0.4 is 28.3 Å². The van der Waals surface area contributed by atoms with Crippen LogP contribution in [-0.2, 0) is 0 Å². The lowest BCUT2D eigenvalue weighted by molar-refractivity contribution is -0.00000462. The van der Waals surface area contributed by atoms with E-state index in [4.69, 9.17) is 34.8 Å². The zero-order valence-electron chi connectivity index (χ0n) is 14.0. The second kappa shape index (κ2) is 9.45. The Hall–Kier alpha value is -0.750. The largest absolute Gasteiger partial charge is 1.00 e. The molecule has 136 valence electrons. The Labute approximate surface area is 177 Å². The Bertz CT molecular complexity index is 690. The van der Waals surface area contributed by atoms with Gasteiger partial charge in [-0.25, -0.2) is 0 Å². The van der Waals surface area contributed by atoms with Gasteiger partial charge in [-0.15, -0.1) is 0 Å². The Balaban J connectivity index is 0.00000243. The summed E-state index contributed by atoms with van der Waals surface area (Å²) in [5, 5.41) is 3.92. The third-order valence-corrected chi connectivity index (χ3v) is 9.32. The fraction of sp³-hybridized carbons (Fsp3) is 0.143. The SMILES string of the molecule is ClC(Cl)(Cl)CC[P+](c1ccccc1)(c1ccccc1)c1ccccc1.[Cl-]. The predicted octanol–water partition coefficient (Wildman–Crippen LogP) is 2.74. The standard InChI is InChI=1S/C21H19Cl3P.ClH/c22-21(23,24)16-17-25(18-10-4-1-5-11-18,19-12-6-2-7-13-19)20-14-8-3-9-15-20;/h1-15H,16-17H2;1H/q+1;/p-1.